The summed E-state index contributed by atoms with van der Waals surface area (Å²) in [5, 5.41) is 16.2. The molecule has 6 aromatic rings. The van der Waals surface area contributed by atoms with E-state index in [2.05, 4.69) is 15.6 Å². The molecule has 5 heterocycles. The summed E-state index contributed by atoms with van der Waals surface area (Å²) in [6.45, 7) is 1.54. The number of hydrogen-bond donors (Lipinski definition) is 4. The molecule has 14 nitrogen and oxygen atoms in total. The second-order valence-corrected chi connectivity index (χ2v) is 22.0. The van der Waals surface area contributed by atoms with Crippen molar-refractivity contribution >= 4 is 94.5 Å². The Hall–Kier alpha value is -4.37. The number of amides is 2. The maximum absolute atomic E-state index is 13.2. The van der Waals surface area contributed by atoms with Crippen LogP contribution in [-0.2, 0) is 37.8 Å². The Bertz CT molecular complexity index is 2770. The molecule has 8 rings (SSSR count). The van der Waals surface area contributed by atoms with Gasteiger partial charge in [0.05, 0.1) is 30.1 Å². The molecule has 0 saturated carbocycles. The molecule has 2 amide bonds. The van der Waals surface area contributed by atoms with Crippen molar-refractivity contribution < 1.29 is 31.5 Å². The van der Waals surface area contributed by atoms with Crippen LogP contribution >= 0.6 is 45.9 Å². The summed E-state index contributed by atoms with van der Waals surface area (Å²) in [5.41, 5.74) is 2.55. The van der Waals surface area contributed by atoms with E-state index in [-0.39, 0.29) is 44.9 Å². The molecule has 0 unspecified atom stereocenters. The van der Waals surface area contributed by atoms with Gasteiger partial charge in [0.15, 0.2) is 0 Å². The van der Waals surface area contributed by atoms with Gasteiger partial charge in [-0.25, -0.2) is 21.6 Å². The van der Waals surface area contributed by atoms with Crippen molar-refractivity contribution in [2.75, 3.05) is 31.5 Å². The molecular formula is C41H42Cl2N6O8S4. The summed E-state index contributed by atoms with van der Waals surface area (Å²) in [7, 11) is -7.22. The van der Waals surface area contributed by atoms with Gasteiger partial charge >= 0.3 is 5.69 Å². The van der Waals surface area contributed by atoms with Crippen molar-refractivity contribution in [2.45, 2.75) is 59.2 Å². The number of aliphatic hydroxyl groups excluding tert-OH is 1. The molecule has 0 bridgehead atoms. The van der Waals surface area contributed by atoms with E-state index in [1.807, 2.05) is 24.3 Å². The molecule has 20 heteroatoms. The third-order valence-corrected chi connectivity index (χ3v) is 17.7. The number of H-pyrrole nitrogens is 1. The fraction of sp³-hybridized carbons (Fsp3) is 0.293. The second kappa shape index (κ2) is 19.3. The molecule has 2 aliphatic rings. The molecule has 2 saturated heterocycles. The number of sulfonamides is 2. The number of aliphatic hydroxyl groups is 1. The summed E-state index contributed by atoms with van der Waals surface area (Å²) >= 11 is 13.9. The number of carbonyl (C=O) groups excluding carboxylic acids is 2. The van der Waals surface area contributed by atoms with Crippen LogP contribution in [0, 0.1) is 0 Å². The Morgan fingerprint density at radius 2 is 1.26 bits per heavy atom. The van der Waals surface area contributed by atoms with Crippen LogP contribution in [0.15, 0.2) is 110 Å². The quantitative estimate of drug-likeness (QED) is 0.110. The van der Waals surface area contributed by atoms with Crippen molar-refractivity contribution in [3.05, 3.63) is 133 Å². The smallest absolute Gasteiger partial charge is 0.326 e. The fourth-order valence-electron chi connectivity index (χ4n) is 7.07. The highest BCUT2D eigenvalue weighted by Crippen LogP contribution is 2.32. The first-order chi connectivity index (χ1) is 29.2. The maximum atomic E-state index is 13.2. The van der Waals surface area contributed by atoms with Crippen molar-refractivity contribution in [2.24, 2.45) is 0 Å². The summed E-state index contributed by atoms with van der Waals surface area (Å²) < 4.78 is 56.8. The lowest BCUT2D eigenvalue weighted by Gasteiger charge is -2.31. The standard InChI is InChI=1S/C24H23ClN4O4S2.C17H19ClN2O4S2/c25-16-5-7-17(8-6-16)26-22(30)15-19-9-10-23(34-19)35(32,33)28-13-11-18(12-14-28)29-21-4-2-1-3-20(21)27-24(29)31;18-13-3-1-12(2-4-13)17(22)19-11-15-5-6-16(25-15)26(23,24)20-9-7-14(21)8-10-20/h1-10,18H,11-15H2,(H,26,30)(H,27,31);1-6,14,21H,7-11H2,(H,19,22). The van der Waals surface area contributed by atoms with Crippen molar-refractivity contribution in [1.82, 2.24) is 23.5 Å². The van der Waals surface area contributed by atoms with Gasteiger partial charge in [0, 0.05) is 63.3 Å². The topological polar surface area (TPSA) is 191 Å². The van der Waals surface area contributed by atoms with Gasteiger partial charge in [-0.2, -0.15) is 8.61 Å². The first-order valence-electron chi connectivity index (χ1n) is 19.3. The number of halogens is 2. The highest BCUT2D eigenvalue weighted by atomic mass is 35.5. The molecular weight excluding hydrogens is 904 g/mol. The summed E-state index contributed by atoms with van der Waals surface area (Å²) in [6.07, 6.45) is 1.65. The molecule has 2 aliphatic heterocycles. The number of nitrogens with one attached hydrogen (secondary N) is 3. The normalized spacial score (nSPS) is 15.9. The number of piperidine rings is 2. The van der Waals surface area contributed by atoms with E-state index < -0.39 is 26.2 Å². The lowest BCUT2D eigenvalue weighted by atomic mass is 10.1. The van der Waals surface area contributed by atoms with E-state index in [0.717, 1.165) is 38.6 Å². The number of hydrogen-bond acceptors (Lipinski definition) is 10. The Labute approximate surface area is 370 Å². The number of nitrogens with zero attached hydrogens (tertiary/aromatic N) is 3. The van der Waals surface area contributed by atoms with Crippen LogP contribution in [0.4, 0.5) is 5.69 Å². The SMILES string of the molecule is O=C(Cc1ccc(S(=O)(=O)N2CCC(n3c(=O)[nH]c4ccccc43)CC2)s1)Nc1ccc(Cl)cc1.O=C(NCc1ccc(S(=O)(=O)N2CCC(O)CC2)s1)c1ccc(Cl)cc1. The first kappa shape index (κ1) is 44.7. The van der Waals surface area contributed by atoms with Gasteiger partial charge in [-0.05, 0) is 111 Å². The average molecular weight is 946 g/mol. The number of aromatic nitrogens is 2. The lowest BCUT2D eigenvalue weighted by molar-refractivity contribution is -0.115. The molecule has 0 atom stereocenters. The highest BCUT2D eigenvalue weighted by molar-refractivity contribution is 7.91. The number of para-hydroxylation sites is 2. The Balaban J connectivity index is 0.000000193. The van der Waals surface area contributed by atoms with Crippen LogP contribution in [0.5, 0.6) is 0 Å². The van der Waals surface area contributed by atoms with E-state index >= 15 is 0 Å². The zero-order valence-corrected chi connectivity index (χ0v) is 37.3. The van der Waals surface area contributed by atoms with E-state index in [4.69, 9.17) is 23.2 Å². The van der Waals surface area contributed by atoms with Gasteiger partial charge in [-0.1, -0.05) is 35.3 Å². The van der Waals surface area contributed by atoms with Crippen LogP contribution in [0.1, 0.15) is 51.8 Å². The Morgan fingerprint density at radius 3 is 1.89 bits per heavy atom. The van der Waals surface area contributed by atoms with Crippen molar-refractivity contribution in [1.29, 1.82) is 0 Å². The number of fused-ring (bicyclic) bond motifs is 1. The third kappa shape index (κ3) is 10.8. The van der Waals surface area contributed by atoms with Gasteiger partial charge < -0.3 is 20.7 Å². The zero-order valence-electron chi connectivity index (χ0n) is 32.5. The number of rotatable bonds is 11. The first-order valence-corrected chi connectivity index (χ1v) is 24.6. The average Bonchev–Trinajstić information content (AvgIpc) is 4.01. The highest BCUT2D eigenvalue weighted by Gasteiger charge is 2.33. The molecule has 0 spiro atoms. The van der Waals surface area contributed by atoms with Crippen LogP contribution < -0.4 is 16.3 Å². The number of thiophene rings is 2. The minimum atomic E-state index is -3.68. The molecule has 3 aromatic carbocycles. The molecule has 0 aliphatic carbocycles. The molecule has 2 fully saturated rings. The van der Waals surface area contributed by atoms with Crippen LogP contribution in [-0.4, -0.2) is 84.2 Å². The van der Waals surface area contributed by atoms with E-state index in [1.165, 1.54) is 8.61 Å². The van der Waals surface area contributed by atoms with Gasteiger partial charge in [0.25, 0.3) is 26.0 Å². The van der Waals surface area contributed by atoms with Crippen LogP contribution in [0.3, 0.4) is 0 Å². The van der Waals surface area contributed by atoms with Crippen molar-refractivity contribution in [3.8, 4) is 0 Å². The summed E-state index contributed by atoms with van der Waals surface area (Å²) in [5.74, 6) is -0.479. The molecule has 3 aromatic heterocycles. The monoisotopic (exact) mass is 944 g/mol. The molecule has 61 heavy (non-hydrogen) atoms. The number of carbonyl (C=O) groups is 2. The van der Waals surface area contributed by atoms with Crippen LogP contribution in [0.25, 0.3) is 11.0 Å². The predicted octanol–water partition coefficient (Wildman–Crippen LogP) is 6.73. The largest absolute Gasteiger partial charge is 0.393 e. The number of aromatic amines is 1. The number of imidazole rings is 1. The van der Waals surface area contributed by atoms with Gasteiger partial charge in [-0.3, -0.25) is 14.2 Å². The Kier molecular flexibility index (Phi) is 14.2. The second-order valence-electron chi connectivity index (χ2n) is 14.5. The van der Waals surface area contributed by atoms with Crippen molar-refractivity contribution in [3.63, 3.8) is 0 Å². The van der Waals surface area contributed by atoms with E-state index in [0.29, 0.717) is 78.0 Å². The minimum absolute atomic E-state index is 0.0689. The van der Waals surface area contributed by atoms with E-state index in [9.17, 15) is 36.3 Å². The summed E-state index contributed by atoms with van der Waals surface area (Å²) in [6, 6.07) is 27.3. The maximum Gasteiger partial charge on any atom is 0.326 e. The van der Waals surface area contributed by atoms with Crippen LogP contribution in [0.2, 0.25) is 10.0 Å². The third-order valence-electron chi connectivity index (χ3n) is 10.3. The molecule has 0 radical (unpaired) electrons. The molecule has 4 N–H and O–H groups in total. The fourth-order valence-corrected chi connectivity index (χ4v) is 13.2. The lowest BCUT2D eigenvalue weighted by Crippen LogP contribution is -2.40. The minimum Gasteiger partial charge on any atom is -0.393 e. The predicted molar refractivity (Wildman–Crippen MR) is 239 cm³/mol. The van der Waals surface area contributed by atoms with E-state index in [1.54, 1.807) is 77.4 Å². The summed E-state index contributed by atoms with van der Waals surface area (Å²) in [4.78, 5) is 41.3. The van der Waals surface area contributed by atoms with Gasteiger partial charge in [-0.15, -0.1) is 22.7 Å². The number of anilines is 1. The molecule has 322 valence electrons. The van der Waals surface area contributed by atoms with Gasteiger partial charge in [0.1, 0.15) is 8.42 Å². The Morgan fingerprint density at radius 1 is 0.721 bits per heavy atom. The zero-order chi connectivity index (χ0) is 43.3. The van der Waals surface area contributed by atoms with Gasteiger partial charge in [0.2, 0.25) is 5.91 Å². The number of benzene rings is 3.